The van der Waals surface area contributed by atoms with Crippen LogP contribution in [0.15, 0.2) is 36.5 Å². The van der Waals surface area contributed by atoms with Gasteiger partial charge in [0.15, 0.2) is 0 Å². The topological polar surface area (TPSA) is 59.2 Å². The molecule has 20 heavy (non-hydrogen) atoms. The first-order valence-corrected chi connectivity index (χ1v) is 7.05. The Kier molecular flexibility index (Phi) is 3.40. The largest absolute Gasteiger partial charge is 0.338 e. The summed E-state index contributed by atoms with van der Waals surface area (Å²) >= 11 is 0. The number of aromatic nitrogens is 1. The Hall–Kier alpha value is -1.94. The molecule has 4 nitrogen and oxygen atoms in total. The number of carbonyl (C=O) groups is 1. The van der Waals surface area contributed by atoms with E-state index in [4.69, 9.17) is 5.73 Å². The third-order valence-corrected chi connectivity index (χ3v) is 4.11. The molecule has 0 spiro atoms. The lowest BCUT2D eigenvalue weighted by Gasteiger charge is -2.18. The lowest BCUT2D eigenvalue weighted by atomic mass is 10.0. The molecule has 104 valence electrons. The molecular weight excluding hydrogens is 250 g/mol. The number of carbonyl (C=O) groups excluding carboxylic acids is 1. The lowest BCUT2D eigenvalue weighted by Crippen LogP contribution is -2.32. The summed E-state index contributed by atoms with van der Waals surface area (Å²) in [5, 5.41) is 1.00. The number of hydrogen-bond donors (Lipinski definition) is 1. The molecule has 1 saturated heterocycles. The van der Waals surface area contributed by atoms with Crippen molar-refractivity contribution in [3.05, 3.63) is 42.1 Å². The zero-order valence-electron chi connectivity index (χ0n) is 11.6. The van der Waals surface area contributed by atoms with Crippen LogP contribution in [0.3, 0.4) is 0 Å². The zero-order chi connectivity index (χ0) is 14.1. The van der Waals surface area contributed by atoms with Crippen LogP contribution in [-0.4, -0.2) is 34.9 Å². The highest BCUT2D eigenvalue weighted by Crippen LogP contribution is 2.22. The maximum absolute atomic E-state index is 12.5. The minimum absolute atomic E-state index is 0.0962. The predicted molar refractivity (Wildman–Crippen MR) is 79.4 cm³/mol. The minimum Gasteiger partial charge on any atom is -0.338 e. The highest BCUT2D eigenvalue weighted by Gasteiger charge is 2.28. The Labute approximate surface area is 118 Å². The maximum atomic E-state index is 12.5. The van der Waals surface area contributed by atoms with E-state index in [1.807, 2.05) is 42.2 Å². The third-order valence-electron chi connectivity index (χ3n) is 4.11. The normalized spacial score (nSPS) is 20.3. The average molecular weight is 269 g/mol. The Morgan fingerprint density at radius 3 is 3.05 bits per heavy atom. The zero-order valence-corrected chi connectivity index (χ0v) is 11.6. The molecular formula is C16H19N3O. The standard InChI is InChI=1S/C16H19N3O/c1-11(17)14-6-8-19(10-14)16(20)13-4-5-15-12(9-13)3-2-7-18-15/h2-5,7,9,11,14H,6,8,10,17H2,1H3. The summed E-state index contributed by atoms with van der Waals surface area (Å²) in [5.41, 5.74) is 7.57. The molecule has 2 unspecified atom stereocenters. The quantitative estimate of drug-likeness (QED) is 0.907. The van der Waals surface area contributed by atoms with Crippen molar-refractivity contribution in [1.82, 2.24) is 9.88 Å². The molecule has 1 aromatic heterocycles. The maximum Gasteiger partial charge on any atom is 0.253 e. The number of pyridine rings is 1. The van der Waals surface area contributed by atoms with Crippen molar-refractivity contribution in [2.75, 3.05) is 13.1 Å². The summed E-state index contributed by atoms with van der Waals surface area (Å²) in [6.45, 7) is 3.58. The smallest absolute Gasteiger partial charge is 0.253 e. The van der Waals surface area contributed by atoms with Crippen LogP contribution >= 0.6 is 0 Å². The van der Waals surface area contributed by atoms with Crippen LogP contribution in [0, 0.1) is 5.92 Å². The predicted octanol–water partition coefficient (Wildman–Crippen LogP) is 2.04. The van der Waals surface area contributed by atoms with Gasteiger partial charge in [0.05, 0.1) is 5.52 Å². The summed E-state index contributed by atoms with van der Waals surface area (Å²) in [6, 6.07) is 9.70. The Morgan fingerprint density at radius 2 is 2.30 bits per heavy atom. The van der Waals surface area contributed by atoms with Gasteiger partial charge in [-0.15, -0.1) is 0 Å². The Morgan fingerprint density at radius 1 is 1.45 bits per heavy atom. The number of fused-ring (bicyclic) bond motifs is 1. The summed E-state index contributed by atoms with van der Waals surface area (Å²) in [6.07, 6.45) is 2.76. The van der Waals surface area contributed by atoms with Gasteiger partial charge in [-0.3, -0.25) is 9.78 Å². The van der Waals surface area contributed by atoms with Gasteiger partial charge in [-0.1, -0.05) is 6.07 Å². The lowest BCUT2D eigenvalue weighted by molar-refractivity contribution is 0.0786. The summed E-state index contributed by atoms with van der Waals surface area (Å²) < 4.78 is 0. The van der Waals surface area contributed by atoms with E-state index in [1.165, 1.54) is 0 Å². The summed E-state index contributed by atoms with van der Waals surface area (Å²) in [5.74, 6) is 0.514. The number of amides is 1. The van der Waals surface area contributed by atoms with Crippen LogP contribution in [-0.2, 0) is 0 Å². The van der Waals surface area contributed by atoms with Gasteiger partial charge in [-0.25, -0.2) is 0 Å². The SMILES string of the molecule is CC(N)C1CCN(C(=O)c2ccc3ncccc3c2)C1. The average Bonchev–Trinajstić information content (AvgIpc) is 2.96. The number of benzene rings is 1. The molecule has 4 heteroatoms. The van der Waals surface area contributed by atoms with Crippen molar-refractivity contribution in [3.8, 4) is 0 Å². The van der Waals surface area contributed by atoms with Gasteiger partial charge in [-0.2, -0.15) is 0 Å². The number of nitrogens with zero attached hydrogens (tertiary/aromatic N) is 2. The van der Waals surface area contributed by atoms with Gasteiger partial charge in [0.1, 0.15) is 0 Å². The number of rotatable bonds is 2. The van der Waals surface area contributed by atoms with Crippen molar-refractivity contribution in [3.63, 3.8) is 0 Å². The van der Waals surface area contributed by atoms with Gasteiger partial charge in [0.2, 0.25) is 0 Å². The first-order valence-electron chi connectivity index (χ1n) is 7.05. The Bertz CT molecular complexity index is 638. The molecule has 0 bridgehead atoms. The second-order valence-corrected chi connectivity index (χ2v) is 5.57. The van der Waals surface area contributed by atoms with E-state index in [0.717, 1.165) is 36.0 Å². The van der Waals surface area contributed by atoms with E-state index in [1.54, 1.807) is 6.20 Å². The van der Waals surface area contributed by atoms with E-state index >= 15 is 0 Å². The molecule has 0 aliphatic carbocycles. The van der Waals surface area contributed by atoms with Crippen molar-refractivity contribution < 1.29 is 4.79 Å². The van der Waals surface area contributed by atoms with Gasteiger partial charge >= 0.3 is 0 Å². The van der Waals surface area contributed by atoms with Crippen LogP contribution in [0.1, 0.15) is 23.7 Å². The van der Waals surface area contributed by atoms with Crippen molar-refractivity contribution in [2.24, 2.45) is 11.7 Å². The van der Waals surface area contributed by atoms with Gasteiger partial charge < -0.3 is 10.6 Å². The van der Waals surface area contributed by atoms with E-state index in [9.17, 15) is 4.79 Å². The second-order valence-electron chi connectivity index (χ2n) is 5.57. The van der Waals surface area contributed by atoms with E-state index in [-0.39, 0.29) is 11.9 Å². The molecule has 2 heterocycles. The molecule has 2 aromatic rings. The van der Waals surface area contributed by atoms with Crippen LogP contribution in [0.25, 0.3) is 10.9 Å². The van der Waals surface area contributed by atoms with Crippen LogP contribution in [0.4, 0.5) is 0 Å². The highest BCUT2D eigenvalue weighted by atomic mass is 16.2. The van der Waals surface area contributed by atoms with E-state index in [0.29, 0.717) is 5.92 Å². The summed E-state index contributed by atoms with van der Waals surface area (Å²) in [7, 11) is 0. The monoisotopic (exact) mass is 269 g/mol. The van der Waals surface area contributed by atoms with Crippen LogP contribution in [0.5, 0.6) is 0 Å². The second kappa shape index (κ2) is 5.21. The molecule has 2 atom stereocenters. The Balaban J connectivity index is 1.82. The molecule has 1 amide bonds. The molecule has 0 saturated carbocycles. The van der Waals surface area contributed by atoms with E-state index in [2.05, 4.69) is 4.98 Å². The molecule has 3 rings (SSSR count). The first kappa shape index (κ1) is 13.1. The van der Waals surface area contributed by atoms with Crippen molar-refractivity contribution in [2.45, 2.75) is 19.4 Å². The number of likely N-dealkylation sites (tertiary alicyclic amines) is 1. The fraction of sp³-hybridized carbons (Fsp3) is 0.375. The van der Waals surface area contributed by atoms with Gasteiger partial charge in [0, 0.05) is 36.3 Å². The first-order chi connectivity index (χ1) is 9.65. The number of nitrogens with two attached hydrogens (primary N) is 1. The third kappa shape index (κ3) is 2.39. The molecule has 1 aliphatic heterocycles. The van der Waals surface area contributed by atoms with Crippen LogP contribution in [0.2, 0.25) is 0 Å². The van der Waals surface area contributed by atoms with E-state index < -0.39 is 0 Å². The fourth-order valence-electron chi connectivity index (χ4n) is 2.79. The summed E-state index contributed by atoms with van der Waals surface area (Å²) in [4.78, 5) is 18.7. The van der Waals surface area contributed by atoms with Crippen LogP contribution < -0.4 is 5.73 Å². The van der Waals surface area contributed by atoms with Crippen molar-refractivity contribution >= 4 is 16.8 Å². The molecule has 1 aromatic carbocycles. The fourth-order valence-corrected chi connectivity index (χ4v) is 2.79. The van der Waals surface area contributed by atoms with Gasteiger partial charge in [-0.05, 0) is 43.5 Å². The molecule has 0 radical (unpaired) electrons. The molecule has 2 N–H and O–H groups in total. The highest BCUT2D eigenvalue weighted by molar-refractivity contribution is 5.98. The van der Waals surface area contributed by atoms with Gasteiger partial charge in [0.25, 0.3) is 5.91 Å². The molecule has 1 aliphatic rings. The van der Waals surface area contributed by atoms with Crippen molar-refractivity contribution in [1.29, 1.82) is 0 Å². The number of hydrogen-bond acceptors (Lipinski definition) is 3. The minimum atomic E-state index is 0.0962. The molecule has 1 fully saturated rings.